The second-order valence-corrected chi connectivity index (χ2v) is 7.15. The average molecular weight is 404 g/mol. The predicted octanol–water partition coefficient (Wildman–Crippen LogP) is 3.65. The molecule has 1 heterocycles. The predicted molar refractivity (Wildman–Crippen MR) is 112 cm³/mol. The number of halogens is 1. The average Bonchev–Trinajstić information content (AvgIpc) is 2.63. The summed E-state index contributed by atoms with van der Waals surface area (Å²) in [6.07, 6.45) is 0.358. The SMILES string of the molecule is CCC(=O)N(CC)c1cc(Cl)cc(C(=O)NCc2c(C)cc(C)[nH]c2=O)c1C. The van der Waals surface area contributed by atoms with Gasteiger partial charge in [0.1, 0.15) is 0 Å². The fourth-order valence-corrected chi connectivity index (χ4v) is 3.43. The normalized spacial score (nSPS) is 10.6. The summed E-state index contributed by atoms with van der Waals surface area (Å²) in [6.45, 7) is 9.68. The molecule has 0 unspecified atom stereocenters. The largest absolute Gasteiger partial charge is 0.348 e. The van der Waals surface area contributed by atoms with Crippen LogP contribution in [0.2, 0.25) is 5.02 Å². The third-order valence-corrected chi connectivity index (χ3v) is 4.94. The minimum atomic E-state index is -0.347. The van der Waals surface area contributed by atoms with Gasteiger partial charge in [-0.25, -0.2) is 0 Å². The molecule has 0 saturated carbocycles. The lowest BCUT2D eigenvalue weighted by Gasteiger charge is -2.24. The summed E-state index contributed by atoms with van der Waals surface area (Å²) in [5.41, 5.74) is 3.55. The number of hydrogen-bond donors (Lipinski definition) is 2. The smallest absolute Gasteiger partial charge is 0.253 e. The fraction of sp³-hybridized carbons (Fsp3) is 0.381. The number of aromatic nitrogens is 1. The van der Waals surface area contributed by atoms with E-state index in [1.165, 1.54) is 0 Å². The van der Waals surface area contributed by atoms with Gasteiger partial charge in [0.15, 0.2) is 0 Å². The molecule has 1 aromatic carbocycles. The van der Waals surface area contributed by atoms with E-state index in [0.717, 1.165) is 11.3 Å². The molecule has 7 heteroatoms. The van der Waals surface area contributed by atoms with Crippen LogP contribution in [-0.2, 0) is 11.3 Å². The summed E-state index contributed by atoms with van der Waals surface area (Å²) in [5.74, 6) is -0.387. The molecule has 6 nitrogen and oxygen atoms in total. The van der Waals surface area contributed by atoms with Crippen LogP contribution >= 0.6 is 11.6 Å². The van der Waals surface area contributed by atoms with Gasteiger partial charge in [-0.05, 0) is 57.0 Å². The Kier molecular flexibility index (Phi) is 7.02. The highest BCUT2D eigenvalue weighted by molar-refractivity contribution is 6.31. The monoisotopic (exact) mass is 403 g/mol. The van der Waals surface area contributed by atoms with Crippen molar-refractivity contribution in [2.24, 2.45) is 0 Å². The van der Waals surface area contributed by atoms with Gasteiger partial charge < -0.3 is 15.2 Å². The fourth-order valence-electron chi connectivity index (χ4n) is 3.22. The van der Waals surface area contributed by atoms with Crippen LogP contribution in [0.3, 0.4) is 0 Å². The maximum atomic E-state index is 12.8. The second-order valence-electron chi connectivity index (χ2n) is 6.71. The van der Waals surface area contributed by atoms with Crippen LogP contribution in [0.4, 0.5) is 5.69 Å². The number of anilines is 1. The number of amides is 2. The molecular weight excluding hydrogens is 378 g/mol. The summed E-state index contributed by atoms with van der Waals surface area (Å²) in [5, 5.41) is 3.16. The van der Waals surface area contributed by atoms with Crippen LogP contribution in [0.15, 0.2) is 23.0 Å². The van der Waals surface area contributed by atoms with E-state index in [2.05, 4.69) is 10.3 Å². The number of aromatic amines is 1. The Labute approximate surface area is 169 Å². The summed E-state index contributed by atoms with van der Waals surface area (Å²) in [7, 11) is 0. The van der Waals surface area contributed by atoms with Crippen molar-refractivity contribution in [2.45, 2.75) is 47.6 Å². The van der Waals surface area contributed by atoms with Crippen molar-refractivity contribution in [1.82, 2.24) is 10.3 Å². The Morgan fingerprint density at radius 3 is 2.39 bits per heavy atom. The quantitative estimate of drug-likeness (QED) is 0.772. The van der Waals surface area contributed by atoms with E-state index in [1.54, 1.807) is 30.9 Å². The highest BCUT2D eigenvalue weighted by Crippen LogP contribution is 2.28. The van der Waals surface area contributed by atoms with Gasteiger partial charge in [0.05, 0.1) is 0 Å². The standard InChI is InChI=1S/C21H26ClN3O3/c1-6-19(26)25(7-2)18-10-15(22)9-16(14(18)5)20(27)23-11-17-12(3)8-13(4)24-21(17)28/h8-10H,6-7,11H2,1-5H3,(H,23,27)(H,24,28). The number of carbonyl (C=O) groups excluding carboxylic acids is 2. The molecule has 0 aliphatic rings. The minimum absolute atomic E-state index is 0.0407. The molecule has 0 bridgehead atoms. The lowest BCUT2D eigenvalue weighted by molar-refractivity contribution is -0.118. The molecule has 0 radical (unpaired) electrons. The van der Waals surface area contributed by atoms with Crippen LogP contribution < -0.4 is 15.8 Å². The van der Waals surface area contributed by atoms with E-state index in [0.29, 0.717) is 40.4 Å². The van der Waals surface area contributed by atoms with Crippen LogP contribution in [0.25, 0.3) is 0 Å². The number of hydrogen-bond acceptors (Lipinski definition) is 3. The first-order chi connectivity index (χ1) is 13.2. The van der Waals surface area contributed by atoms with Crippen molar-refractivity contribution in [3.8, 4) is 0 Å². The lowest BCUT2D eigenvalue weighted by Crippen LogP contribution is -2.32. The molecule has 0 aliphatic heterocycles. The van der Waals surface area contributed by atoms with Crippen molar-refractivity contribution in [1.29, 1.82) is 0 Å². The van der Waals surface area contributed by atoms with Gasteiger partial charge in [0.2, 0.25) is 5.91 Å². The van der Waals surface area contributed by atoms with E-state index < -0.39 is 0 Å². The number of H-pyrrole nitrogens is 1. The number of carbonyl (C=O) groups is 2. The molecule has 0 atom stereocenters. The van der Waals surface area contributed by atoms with Crippen molar-refractivity contribution in [3.05, 3.63) is 61.5 Å². The minimum Gasteiger partial charge on any atom is -0.348 e. The van der Waals surface area contributed by atoms with Gasteiger partial charge in [-0.1, -0.05) is 18.5 Å². The molecule has 0 spiro atoms. The van der Waals surface area contributed by atoms with Crippen molar-refractivity contribution >= 4 is 29.1 Å². The lowest BCUT2D eigenvalue weighted by atomic mass is 10.0. The van der Waals surface area contributed by atoms with E-state index in [-0.39, 0.29) is 23.9 Å². The van der Waals surface area contributed by atoms with E-state index in [1.807, 2.05) is 26.8 Å². The molecular formula is C21H26ClN3O3. The van der Waals surface area contributed by atoms with Gasteiger partial charge in [0, 0.05) is 47.0 Å². The number of nitrogens with one attached hydrogen (secondary N) is 2. The van der Waals surface area contributed by atoms with E-state index in [9.17, 15) is 14.4 Å². The van der Waals surface area contributed by atoms with Crippen LogP contribution in [0.5, 0.6) is 0 Å². The zero-order chi connectivity index (χ0) is 21.0. The van der Waals surface area contributed by atoms with Crippen LogP contribution in [0.1, 0.15) is 53.0 Å². The Morgan fingerprint density at radius 2 is 1.82 bits per heavy atom. The highest BCUT2D eigenvalue weighted by atomic mass is 35.5. The van der Waals surface area contributed by atoms with Crippen molar-refractivity contribution in [2.75, 3.05) is 11.4 Å². The van der Waals surface area contributed by atoms with Crippen molar-refractivity contribution in [3.63, 3.8) is 0 Å². The van der Waals surface area contributed by atoms with E-state index >= 15 is 0 Å². The van der Waals surface area contributed by atoms with Gasteiger partial charge in [-0.3, -0.25) is 14.4 Å². The maximum absolute atomic E-state index is 12.8. The van der Waals surface area contributed by atoms with Gasteiger partial charge in [-0.15, -0.1) is 0 Å². The summed E-state index contributed by atoms with van der Waals surface area (Å²) >= 11 is 6.23. The number of benzene rings is 1. The molecule has 2 amide bonds. The third-order valence-electron chi connectivity index (χ3n) is 4.72. The molecule has 2 aromatic rings. The number of nitrogens with zero attached hydrogens (tertiary/aromatic N) is 1. The molecule has 28 heavy (non-hydrogen) atoms. The Morgan fingerprint density at radius 1 is 1.14 bits per heavy atom. The molecule has 2 N–H and O–H groups in total. The first kappa shape index (κ1) is 21.7. The highest BCUT2D eigenvalue weighted by Gasteiger charge is 2.20. The van der Waals surface area contributed by atoms with Crippen LogP contribution in [0, 0.1) is 20.8 Å². The van der Waals surface area contributed by atoms with Gasteiger partial charge in [-0.2, -0.15) is 0 Å². The zero-order valence-electron chi connectivity index (χ0n) is 16.9. The van der Waals surface area contributed by atoms with Crippen LogP contribution in [-0.4, -0.2) is 23.3 Å². The second kappa shape index (κ2) is 9.06. The molecule has 0 fully saturated rings. The molecule has 150 valence electrons. The summed E-state index contributed by atoms with van der Waals surface area (Å²) in [4.78, 5) is 41.6. The first-order valence-corrected chi connectivity index (χ1v) is 9.65. The molecule has 0 saturated heterocycles. The number of aryl methyl sites for hydroxylation is 2. The van der Waals surface area contributed by atoms with Gasteiger partial charge in [0.25, 0.3) is 11.5 Å². The Balaban J connectivity index is 2.34. The van der Waals surface area contributed by atoms with Gasteiger partial charge >= 0.3 is 0 Å². The molecule has 2 rings (SSSR count). The molecule has 1 aromatic heterocycles. The Bertz CT molecular complexity index is 966. The zero-order valence-corrected chi connectivity index (χ0v) is 17.7. The number of rotatable bonds is 6. The van der Waals surface area contributed by atoms with Crippen molar-refractivity contribution < 1.29 is 9.59 Å². The topological polar surface area (TPSA) is 82.3 Å². The maximum Gasteiger partial charge on any atom is 0.253 e. The molecule has 0 aliphatic carbocycles. The Hall–Kier alpha value is -2.60. The summed E-state index contributed by atoms with van der Waals surface area (Å²) < 4.78 is 0. The third kappa shape index (κ3) is 4.62. The summed E-state index contributed by atoms with van der Waals surface area (Å²) in [6, 6.07) is 5.13. The first-order valence-electron chi connectivity index (χ1n) is 9.27. The van der Waals surface area contributed by atoms with E-state index in [4.69, 9.17) is 11.6 Å². The number of pyridine rings is 1.